The topological polar surface area (TPSA) is 66.5 Å². The third-order valence-corrected chi connectivity index (χ3v) is 7.88. The molecule has 0 bridgehead atoms. The first-order valence-corrected chi connectivity index (χ1v) is 10.1. The van der Waals surface area contributed by atoms with E-state index in [0.29, 0.717) is 25.4 Å². The second-order valence-electron chi connectivity index (χ2n) is 5.52. The molecule has 5 nitrogen and oxygen atoms in total. The lowest BCUT2D eigenvalue weighted by atomic mass is 10.2. The van der Waals surface area contributed by atoms with Crippen LogP contribution in [0.4, 0.5) is 0 Å². The molecule has 8 heteroatoms. The molecule has 2 fully saturated rings. The van der Waals surface area contributed by atoms with Gasteiger partial charge in [-0.05, 0) is 59.7 Å². The Balaban J connectivity index is 1.74. The molecule has 0 radical (unpaired) electrons. The Kier molecular flexibility index (Phi) is 4.40. The molecule has 1 aliphatic carbocycles. The monoisotopic (exact) mass is 392 g/mol. The summed E-state index contributed by atoms with van der Waals surface area (Å²) in [6, 6.07) is 2.74. The summed E-state index contributed by atoms with van der Waals surface area (Å²) in [5.74, 6) is 0.437. The van der Waals surface area contributed by atoms with Crippen LogP contribution in [0.1, 0.15) is 25.7 Å². The highest BCUT2D eigenvalue weighted by atomic mass is 79.9. The van der Waals surface area contributed by atoms with E-state index >= 15 is 0 Å². The average Bonchev–Trinajstić information content (AvgIpc) is 2.95. The summed E-state index contributed by atoms with van der Waals surface area (Å²) in [4.78, 5) is 12.2. The SMILES string of the molecule is O=C(NCC1CC1)[C@@H]1CCCN1S(=O)(=O)c1ccc(Br)s1. The lowest BCUT2D eigenvalue weighted by Gasteiger charge is -2.22. The van der Waals surface area contributed by atoms with Gasteiger partial charge in [-0.25, -0.2) is 8.42 Å². The maximum Gasteiger partial charge on any atom is 0.253 e. The lowest BCUT2D eigenvalue weighted by molar-refractivity contribution is -0.124. The molecule has 0 unspecified atom stereocenters. The fourth-order valence-electron chi connectivity index (χ4n) is 2.53. The highest BCUT2D eigenvalue weighted by Crippen LogP contribution is 2.32. The standard InChI is InChI=1S/C13H17BrN2O3S2/c14-11-5-6-12(20-11)21(18,19)16-7-1-2-10(16)13(17)15-8-9-3-4-9/h5-6,9-10H,1-4,7-8H2,(H,15,17)/t10-/m0/s1. The van der Waals surface area contributed by atoms with Gasteiger partial charge in [-0.2, -0.15) is 4.31 Å². The van der Waals surface area contributed by atoms with E-state index in [1.807, 2.05) is 0 Å². The maximum atomic E-state index is 12.6. The number of carbonyl (C=O) groups is 1. The summed E-state index contributed by atoms with van der Waals surface area (Å²) in [7, 11) is -3.57. The number of nitrogens with one attached hydrogen (secondary N) is 1. The van der Waals surface area contributed by atoms with Gasteiger partial charge < -0.3 is 5.32 Å². The van der Waals surface area contributed by atoms with E-state index in [0.717, 1.165) is 23.0 Å². The van der Waals surface area contributed by atoms with Crippen LogP contribution in [0.3, 0.4) is 0 Å². The number of hydrogen-bond acceptors (Lipinski definition) is 4. The maximum absolute atomic E-state index is 12.6. The van der Waals surface area contributed by atoms with Gasteiger partial charge >= 0.3 is 0 Å². The largest absolute Gasteiger partial charge is 0.354 e. The van der Waals surface area contributed by atoms with Gasteiger partial charge in [0.2, 0.25) is 5.91 Å². The minimum atomic E-state index is -3.57. The van der Waals surface area contributed by atoms with Crippen molar-refractivity contribution in [2.45, 2.75) is 35.9 Å². The van der Waals surface area contributed by atoms with Gasteiger partial charge in [-0.3, -0.25) is 4.79 Å². The average molecular weight is 393 g/mol. The Morgan fingerprint density at radius 1 is 1.38 bits per heavy atom. The Labute approximate surface area is 136 Å². The molecular formula is C13H17BrN2O3S2. The van der Waals surface area contributed by atoms with Gasteiger partial charge in [0.15, 0.2) is 0 Å². The fourth-order valence-corrected chi connectivity index (χ4v) is 6.32. The Morgan fingerprint density at radius 3 is 2.76 bits per heavy atom. The number of carbonyl (C=O) groups excluding carboxylic acids is 1. The van der Waals surface area contributed by atoms with Gasteiger partial charge in [0.25, 0.3) is 10.0 Å². The molecule has 2 aliphatic rings. The van der Waals surface area contributed by atoms with Gasteiger partial charge in [0.1, 0.15) is 10.3 Å². The molecule has 21 heavy (non-hydrogen) atoms. The van der Waals surface area contributed by atoms with Crippen LogP contribution in [0.15, 0.2) is 20.1 Å². The molecule has 1 aliphatic heterocycles. The summed E-state index contributed by atoms with van der Waals surface area (Å²) in [6.45, 7) is 1.09. The van der Waals surface area contributed by atoms with Crippen LogP contribution in [0.2, 0.25) is 0 Å². The van der Waals surface area contributed by atoms with Gasteiger partial charge in [0.05, 0.1) is 3.79 Å². The van der Waals surface area contributed by atoms with Gasteiger partial charge in [0, 0.05) is 13.1 Å². The normalized spacial score (nSPS) is 23.4. The van der Waals surface area contributed by atoms with Gasteiger partial charge in [-0.15, -0.1) is 11.3 Å². The molecular weight excluding hydrogens is 376 g/mol. The molecule has 116 valence electrons. The Morgan fingerprint density at radius 2 is 2.14 bits per heavy atom. The zero-order valence-corrected chi connectivity index (χ0v) is 14.6. The number of rotatable bonds is 5. The number of halogens is 1. The summed E-state index contributed by atoms with van der Waals surface area (Å²) in [6.07, 6.45) is 3.65. The van der Waals surface area contributed by atoms with Crippen molar-refractivity contribution >= 4 is 43.2 Å². The molecule has 0 aromatic carbocycles. The van der Waals surface area contributed by atoms with Crippen LogP contribution < -0.4 is 5.32 Å². The Bertz CT molecular complexity index is 640. The predicted octanol–water partition coefficient (Wildman–Crippen LogP) is 2.19. The van der Waals surface area contributed by atoms with Crippen LogP contribution >= 0.6 is 27.3 Å². The van der Waals surface area contributed by atoms with Crippen LogP contribution in [0.5, 0.6) is 0 Å². The first-order chi connectivity index (χ1) is 9.98. The summed E-state index contributed by atoms with van der Waals surface area (Å²) < 4.78 is 27.7. The summed E-state index contributed by atoms with van der Waals surface area (Å²) >= 11 is 4.46. The minimum absolute atomic E-state index is 0.154. The number of amides is 1. The zero-order chi connectivity index (χ0) is 15.0. The highest BCUT2D eigenvalue weighted by Gasteiger charge is 2.40. The zero-order valence-electron chi connectivity index (χ0n) is 11.4. The second-order valence-corrected chi connectivity index (χ2v) is 10.1. The van der Waals surface area contributed by atoms with Crippen molar-refractivity contribution < 1.29 is 13.2 Å². The Hall–Kier alpha value is -0.440. The van der Waals surface area contributed by atoms with E-state index in [-0.39, 0.29) is 10.1 Å². The third kappa shape index (κ3) is 3.33. The first-order valence-electron chi connectivity index (χ1n) is 7.03. The lowest BCUT2D eigenvalue weighted by Crippen LogP contribution is -2.46. The number of thiophene rings is 1. The number of hydrogen-bond donors (Lipinski definition) is 1. The molecule has 1 aromatic heterocycles. The van der Waals surface area contributed by atoms with Crippen molar-refractivity contribution in [1.82, 2.24) is 9.62 Å². The van der Waals surface area contributed by atoms with Crippen molar-refractivity contribution in [1.29, 1.82) is 0 Å². The van der Waals surface area contributed by atoms with Crippen molar-refractivity contribution in [2.75, 3.05) is 13.1 Å². The van der Waals surface area contributed by atoms with Crippen molar-refractivity contribution in [3.8, 4) is 0 Å². The molecule has 1 saturated carbocycles. The number of nitrogens with zero attached hydrogens (tertiary/aromatic N) is 1. The molecule has 1 atom stereocenters. The molecule has 1 amide bonds. The van der Waals surface area contributed by atoms with Crippen molar-refractivity contribution in [2.24, 2.45) is 5.92 Å². The van der Waals surface area contributed by atoms with Crippen LogP contribution in [0.25, 0.3) is 0 Å². The predicted molar refractivity (Wildman–Crippen MR) is 84.7 cm³/mol. The number of sulfonamides is 1. The fraction of sp³-hybridized carbons (Fsp3) is 0.615. The summed E-state index contributed by atoms with van der Waals surface area (Å²) in [5.41, 5.74) is 0. The van der Waals surface area contributed by atoms with E-state index in [2.05, 4.69) is 21.2 Å². The quantitative estimate of drug-likeness (QED) is 0.834. The van der Waals surface area contributed by atoms with E-state index in [1.165, 1.54) is 15.6 Å². The van der Waals surface area contributed by atoms with Crippen molar-refractivity contribution in [3.63, 3.8) is 0 Å². The molecule has 2 heterocycles. The summed E-state index contributed by atoms with van der Waals surface area (Å²) in [5, 5.41) is 2.89. The molecule has 0 spiro atoms. The molecule has 1 N–H and O–H groups in total. The van der Waals surface area contributed by atoms with Crippen LogP contribution in [-0.2, 0) is 14.8 Å². The smallest absolute Gasteiger partial charge is 0.253 e. The highest BCUT2D eigenvalue weighted by molar-refractivity contribution is 9.11. The van der Waals surface area contributed by atoms with Gasteiger partial charge in [-0.1, -0.05) is 0 Å². The molecule has 1 saturated heterocycles. The van der Waals surface area contributed by atoms with Crippen LogP contribution in [-0.4, -0.2) is 37.8 Å². The third-order valence-electron chi connectivity index (χ3n) is 3.88. The van der Waals surface area contributed by atoms with Crippen LogP contribution in [0, 0.1) is 5.92 Å². The molecule has 1 aromatic rings. The van der Waals surface area contributed by atoms with E-state index in [4.69, 9.17) is 0 Å². The minimum Gasteiger partial charge on any atom is -0.354 e. The molecule has 3 rings (SSSR count). The van der Waals surface area contributed by atoms with Crippen molar-refractivity contribution in [3.05, 3.63) is 15.9 Å². The first kappa shape index (κ1) is 15.5. The second kappa shape index (κ2) is 5.98. The van der Waals surface area contributed by atoms with E-state index in [9.17, 15) is 13.2 Å². The van der Waals surface area contributed by atoms with E-state index < -0.39 is 16.1 Å². The van der Waals surface area contributed by atoms with E-state index in [1.54, 1.807) is 12.1 Å².